The molecule has 4 aromatic carbocycles. The Balaban J connectivity index is 1.58. The minimum atomic E-state index is -4.16. The Morgan fingerprint density at radius 1 is 0.812 bits per heavy atom. The lowest BCUT2D eigenvalue weighted by Gasteiger charge is -2.35. The summed E-state index contributed by atoms with van der Waals surface area (Å²) in [6.07, 6.45) is 5.34. The number of nitrogens with one attached hydrogen (secondary N) is 1. The Hall–Kier alpha value is -3.95. The third-order valence-corrected chi connectivity index (χ3v) is 11.4. The van der Waals surface area contributed by atoms with Crippen molar-refractivity contribution in [3.8, 4) is 0 Å². The maximum Gasteiger partial charge on any atom is 0.264 e. The highest BCUT2D eigenvalue weighted by Gasteiger charge is 2.35. The topological polar surface area (TPSA) is 86.8 Å². The molecule has 7 nitrogen and oxygen atoms in total. The van der Waals surface area contributed by atoms with Crippen molar-refractivity contribution >= 4 is 43.5 Å². The predicted molar refractivity (Wildman–Crippen MR) is 195 cm³/mol. The molecule has 1 aliphatic carbocycles. The van der Waals surface area contributed by atoms with Crippen LogP contribution in [-0.2, 0) is 32.6 Å². The van der Waals surface area contributed by atoms with Gasteiger partial charge < -0.3 is 10.2 Å². The van der Waals surface area contributed by atoms with Crippen LogP contribution in [0.15, 0.2) is 106 Å². The number of rotatable bonds is 12. The molecule has 1 atom stereocenters. The van der Waals surface area contributed by atoms with Gasteiger partial charge in [0.15, 0.2) is 0 Å². The highest BCUT2D eigenvalue weighted by atomic mass is 79.9. The third kappa shape index (κ3) is 8.94. The van der Waals surface area contributed by atoms with Crippen LogP contribution in [0, 0.1) is 20.8 Å². The van der Waals surface area contributed by atoms with E-state index in [1.165, 1.54) is 4.31 Å². The molecule has 5 rings (SSSR count). The molecule has 0 saturated heterocycles. The van der Waals surface area contributed by atoms with Crippen LogP contribution in [0.1, 0.15) is 59.9 Å². The summed E-state index contributed by atoms with van der Waals surface area (Å²) in [5.74, 6) is -0.697. The van der Waals surface area contributed by atoms with Crippen molar-refractivity contribution in [1.29, 1.82) is 0 Å². The monoisotopic (exact) mass is 729 g/mol. The summed E-state index contributed by atoms with van der Waals surface area (Å²) in [6.45, 7) is 5.42. The van der Waals surface area contributed by atoms with Crippen molar-refractivity contribution in [1.82, 2.24) is 10.2 Å². The second kappa shape index (κ2) is 16.0. The number of halogens is 1. The predicted octanol–water partition coefficient (Wildman–Crippen LogP) is 7.66. The summed E-state index contributed by atoms with van der Waals surface area (Å²) in [6, 6.07) is 28.5. The Kier molecular flexibility index (Phi) is 11.8. The average Bonchev–Trinajstić information content (AvgIpc) is 3.07. The smallest absolute Gasteiger partial charge is 0.264 e. The van der Waals surface area contributed by atoms with Gasteiger partial charge in [0.25, 0.3) is 10.0 Å². The summed E-state index contributed by atoms with van der Waals surface area (Å²) in [7, 11) is -4.16. The molecule has 252 valence electrons. The van der Waals surface area contributed by atoms with Crippen LogP contribution in [0.25, 0.3) is 0 Å². The normalized spacial score (nSPS) is 14.2. The van der Waals surface area contributed by atoms with Crippen molar-refractivity contribution in [2.24, 2.45) is 0 Å². The number of carbonyl (C=O) groups is 2. The van der Waals surface area contributed by atoms with Gasteiger partial charge in [-0.2, -0.15) is 0 Å². The largest absolute Gasteiger partial charge is 0.352 e. The van der Waals surface area contributed by atoms with E-state index in [4.69, 9.17) is 0 Å². The fourth-order valence-electron chi connectivity index (χ4n) is 6.18. The van der Waals surface area contributed by atoms with E-state index < -0.39 is 28.5 Å². The molecule has 0 heterocycles. The molecule has 0 spiro atoms. The number of hydrogen-bond acceptors (Lipinski definition) is 4. The van der Waals surface area contributed by atoms with Gasteiger partial charge in [0.2, 0.25) is 11.8 Å². The Morgan fingerprint density at radius 3 is 2.17 bits per heavy atom. The van der Waals surface area contributed by atoms with Gasteiger partial charge in [-0.05, 0) is 92.3 Å². The summed E-state index contributed by atoms with van der Waals surface area (Å²) < 4.78 is 30.7. The molecule has 1 unspecified atom stereocenters. The highest BCUT2D eigenvalue weighted by Crippen LogP contribution is 2.28. The molecule has 0 radical (unpaired) electrons. The van der Waals surface area contributed by atoms with Crippen LogP contribution in [0.2, 0.25) is 0 Å². The molecule has 1 N–H and O–H groups in total. The van der Waals surface area contributed by atoms with Crippen molar-refractivity contribution in [3.63, 3.8) is 0 Å². The molecule has 1 aliphatic rings. The zero-order valence-corrected chi connectivity index (χ0v) is 30.3. The quantitative estimate of drug-likeness (QED) is 0.162. The van der Waals surface area contributed by atoms with Crippen LogP contribution < -0.4 is 9.62 Å². The van der Waals surface area contributed by atoms with Gasteiger partial charge in [-0.25, -0.2) is 8.42 Å². The lowest BCUT2D eigenvalue weighted by molar-refractivity contribution is -0.140. The Bertz CT molecular complexity index is 1820. The van der Waals surface area contributed by atoms with E-state index in [1.807, 2.05) is 81.4 Å². The van der Waals surface area contributed by atoms with E-state index in [-0.39, 0.29) is 29.8 Å². The first kappa shape index (κ1) is 35.4. The third-order valence-electron chi connectivity index (χ3n) is 9.13. The fraction of sp³-hybridized carbons (Fsp3) is 0.333. The number of anilines is 1. The first-order valence-electron chi connectivity index (χ1n) is 16.6. The van der Waals surface area contributed by atoms with Gasteiger partial charge in [-0.3, -0.25) is 13.9 Å². The SMILES string of the molecule is Cc1ccc(S(=O)(=O)N(CC(=O)N(Cc2cccc(Br)c2)C(Cc2ccccc2)C(=O)NC2CCCCC2)c2ccc(C)c(C)c2)cc1. The Labute approximate surface area is 293 Å². The van der Waals surface area contributed by atoms with E-state index in [1.54, 1.807) is 41.3 Å². The maximum absolute atomic E-state index is 14.8. The van der Waals surface area contributed by atoms with E-state index >= 15 is 0 Å². The molecule has 4 aromatic rings. The minimum absolute atomic E-state index is 0.0429. The first-order chi connectivity index (χ1) is 23.0. The molecular weight excluding hydrogens is 686 g/mol. The van der Waals surface area contributed by atoms with E-state index in [2.05, 4.69) is 21.2 Å². The highest BCUT2D eigenvalue weighted by molar-refractivity contribution is 9.10. The molecule has 9 heteroatoms. The zero-order valence-electron chi connectivity index (χ0n) is 27.9. The average molecular weight is 731 g/mol. The zero-order chi connectivity index (χ0) is 34.3. The minimum Gasteiger partial charge on any atom is -0.352 e. The standard InChI is InChI=1S/C39H44BrN3O4S/c1-28-17-21-36(22-18-28)48(46,47)43(35-20-19-29(2)30(3)23-35)27-38(44)42(26-32-13-10-14-33(40)24-32)37(25-31-11-6-4-7-12-31)39(45)41-34-15-8-5-9-16-34/h4,6-7,10-14,17-24,34,37H,5,8-9,15-16,25-27H2,1-3H3,(H,41,45). The van der Waals surface area contributed by atoms with Crippen LogP contribution in [-0.4, -0.2) is 43.8 Å². The number of hydrogen-bond donors (Lipinski definition) is 1. The number of aryl methyl sites for hydroxylation is 3. The summed E-state index contributed by atoms with van der Waals surface area (Å²) in [5, 5.41) is 3.26. The van der Waals surface area contributed by atoms with Gasteiger partial charge >= 0.3 is 0 Å². The second-order valence-corrected chi connectivity index (χ2v) is 15.6. The maximum atomic E-state index is 14.8. The molecule has 48 heavy (non-hydrogen) atoms. The number of sulfonamides is 1. The van der Waals surface area contributed by atoms with Gasteiger partial charge in [0.1, 0.15) is 12.6 Å². The number of benzene rings is 4. The van der Waals surface area contributed by atoms with Crippen molar-refractivity contribution in [2.75, 3.05) is 10.8 Å². The first-order valence-corrected chi connectivity index (χ1v) is 18.8. The van der Waals surface area contributed by atoms with Crippen LogP contribution in [0.5, 0.6) is 0 Å². The van der Waals surface area contributed by atoms with Gasteiger partial charge in [0, 0.05) is 23.5 Å². The van der Waals surface area contributed by atoms with Crippen molar-refractivity contribution in [2.45, 2.75) is 82.8 Å². The van der Waals surface area contributed by atoms with E-state index in [0.717, 1.165) is 64.4 Å². The molecule has 0 aliphatic heterocycles. The van der Waals surface area contributed by atoms with Crippen LogP contribution in [0.3, 0.4) is 0 Å². The van der Waals surface area contributed by atoms with Gasteiger partial charge in [-0.1, -0.05) is 101 Å². The lowest BCUT2D eigenvalue weighted by Crippen LogP contribution is -2.55. The Morgan fingerprint density at radius 2 is 1.50 bits per heavy atom. The van der Waals surface area contributed by atoms with Crippen LogP contribution >= 0.6 is 15.9 Å². The molecule has 1 fully saturated rings. The summed E-state index contributed by atoms with van der Waals surface area (Å²) >= 11 is 3.54. The molecule has 2 amide bonds. The molecule has 0 aromatic heterocycles. The summed E-state index contributed by atoms with van der Waals surface area (Å²) in [5.41, 5.74) is 4.96. The lowest BCUT2D eigenvalue weighted by atomic mass is 9.94. The van der Waals surface area contributed by atoms with Crippen LogP contribution in [0.4, 0.5) is 5.69 Å². The number of nitrogens with zero attached hydrogens (tertiary/aromatic N) is 2. The second-order valence-electron chi connectivity index (χ2n) is 12.8. The van der Waals surface area contributed by atoms with Gasteiger partial charge in [-0.15, -0.1) is 0 Å². The molecular formula is C39H44BrN3O4S. The van der Waals surface area contributed by atoms with Crippen molar-refractivity contribution < 1.29 is 18.0 Å². The fourth-order valence-corrected chi connectivity index (χ4v) is 8.03. The number of amides is 2. The molecule has 1 saturated carbocycles. The summed E-state index contributed by atoms with van der Waals surface area (Å²) in [4.78, 5) is 30.7. The van der Waals surface area contributed by atoms with Gasteiger partial charge in [0.05, 0.1) is 10.6 Å². The van der Waals surface area contributed by atoms with E-state index in [0.29, 0.717) is 5.69 Å². The van der Waals surface area contributed by atoms with Crippen molar-refractivity contribution in [3.05, 3.63) is 129 Å². The molecule has 0 bridgehead atoms. The number of carbonyl (C=O) groups excluding carboxylic acids is 2. The van der Waals surface area contributed by atoms with E-state index in [9.17, 15) is 18.0 Å².